The number of amides is 1. The number of aromatic amines is 1. The van der Waals surface area contributed by atoms with Crippen molar-refractivity contribution in [2.45, 2.75) is 30.8 Å². The summed E-state index contributed by atoms with van der Waals surface area (Å²) >= 11 is 1.34. The first-order valence-corrected chi connectivity index (χ1v) is 6.90. The van der Waals surface area contributed by atoms with Crippen molar-refractivity contribution in [3.8, 4) is 0 Å². The van der Waals surface area contributed by atoms with Crippen LogP contribution < -0.4 is 17.0 Å². The van der Waals surface area contributed by atoms with E-state index in [1.54, 1.807) is 10.6 Å². The fourth-order valence-electron chi connectivity index (χ4n) is 1.70. The number of H-pyrrole nitrogens is 1. The van der Waals surface area contributed by atoms with E-state index in [4.69, 9.17) is 10.3 Å². The standard InChI is InChI=1S/C11H15N5O3S/c1-6(2)16-10(18)14-15-11(16)20-5-7-3-4-19-8(7)9(17)13-12/h3-4,6H,5,12H2,1-2H3,(H,13,17)(H,14,18). The molecular weight excluding hydrogens is 282 g/mol. The van der Waals surface area contributed by atoms with Crippen molar-refractivity contribution in [1.82, 2.24) is 20.2 Å². The van der Waals surface area contributed by atoms with Crippen LogP contribution in [0.25, 0.3) is 0 Å². The van der Waals surface area contributed by atoms with Crippen LogP contribution in [-0.2, 0) is 5.75 Å². The van der Waals surface area contributed by atoms with Gasteiger partial charge in [-0.15, -0.1) is 5.10 Å². The number of thioether (sulfide) groups is 1. The van der Waals surface area contributed by atoms with Gasteiger partial charge < -0.3 is 4.42 Å². The van der Waals surface area contributed by atoms with Gasteiger partial charge in [0.05, 0.1) is 6.26 Å². The third-order valence-corrected chi connectivity index (χ3v) is 3.63. The molecule has 1 amide bonds. The zero-order valence-corrected chi connectivity index (χ0v) is 11.9. The Morgan fingerprint density at radius 1 is 1.65 bits per heavy atom. The number of hydrogen-bond donors (Lipinski definition) is 3. The molecule has 0 unspecified atom stereocenters. The molecule has 4 N–H and O–H groups in total. The van der Waals surface area contributed by atoms with Gasteiger partial charge in [-0.3, -0.25) is 14.8 Å². The normalized spacial score (nSPS) is 11.0. The molecule has 0 fully saturated rings. The number of hydrogen-bond acceptors (Lipinski definition) is 6. The highest BCUT2D eigenvalue weighted by Gasteiger charge is 2.17. The van der Waals surface area contributed by atoms with Crippen LogP contribution in [0.3, 0.4) is 0 Å². The zero-order chi connectivity index (χ0) is 14.7. The van der Waals surface area contributed by atoms with E-state index in [-0.39, 0.29) is 17.5 Å². The largest absolute Gasteiger partial charge is 0.459 e. The van der Waals surface area contributed by atoms with Crippen molar-refractivity contribution in [3.63, 3.8) is 0 Å². The predicted molar refractivity (Wildman–Crippen MR) is 73.2 cm³/mol. The molecule has 0 aliphatic carbocycles. The number of hydrazine groups is 1. The van der Waals surface area contributed by atoms with Crippen LogP contribution in [-0.4, -0.2) is 20.7 Å². The number of nitrogens with zero attached hydrogens (tertiary/aromatic N) is 2. The van der Waals surface area contributed by atoms with Crippen LogP contribution in [0.4, 0.5) is 0 Å². The Kier molecular flexibility index (Phi) is 4.30. The highest BCUT2D eigenvalue weighted by Crippen LogP contribution is 2.24. The fraction of sp³-hybridized carbons (Fsp3) is 0.364. The molecule has 8 nitrogen and oxygen atoms in total. The maximum atomic E-state index is 11.6. The molecule has 0 aliphatic rings. The first-order chi connectivity index (χ1) is 9.54. The van der Waals surface area contributed by atoms with E-state index >= 15 is 0 Å². The van der Waals surface area contributed by atoms with E-state index < -0.39 is 5.91 Å². The SMILES string of the molecule is CC(C)n1c(SCc2ccoc2C(=O)NN)n[nH]c1=O. The molecule has 9 heteroatoms. The Morgan fingerprint density at radius 3 is 3.05 bits per heavy atom. The number of rotatable bonds is 5. The van der Waals surface area contributed by atoms with Crippen molar-refractivity contribution >= 4 is 17.7 Å². The van der Waals surface area contributed by atoms with Crippen molar-refractivity contribution < 1.29 is 9.21 Å². The molecule has 0 saturated heterocycles. The smallest absolute Gasteiger partial charge is 0.344 e. The Bertz CT molecular complexity index is 657. The van der Waals surface area contributed by atoms with E-state index in [1.807, 2.05) is 19.3 Å². The molecule has 2 aromatic heterocycles. The van der Waals surface area contributed by atoms with E-state index in [2.05, 4.69) is 10.2 Å². The third kappa shape index (κ3) is 2.78. The molecule has 0 spiro atoms. The van der Waals surface area contributed by atoms with E-state index in [0.717, 1.165) is 0 Å². The molecule has 20 heavy (non-hydrogen) atoms. The lowest BCUT2D eigenvalue weighted by molar-refractivity contribution is 0.0925. The first kappa shape index (κ1) is 14.4. The number of carbonyl (C=O) groups is 1. The van der Waals surface area contributed by atoms with Crippen molar-refractivity contribution in [2.75, 3.05) is 0 Å². The highest BCUT2D eigenvalue weighted by molar-refractivity contribution is 7.98. The monoisotopic (exact) mass is 297 g/mol. The van der Waals surface area contributed by atoms with Gasteiger partial charge in [-0.2, -0.15) is 0 Å². The van der Waals surface area contributed by atoms with Crippen LogP contribution in [0.2, 0.25) is 0 Å². The minimum absolute atomic E-state index is 0.0000828. The van der Waals surface area contributed by atoms with E-state index in [1.165, 1.54) is 18.0 Å². The lowest BCUT2D eigenvalue weighted by Crippen LogP contribution is -2.30. The third-order valence-electron chi connectivity index (χ3n) is 2.63. The van der Waals surface area contributed by atoms with E-state index in [9.17, 15) is 9.59 Å². The van der Waals surface area contributed by atoms with E-state index in [0.29, 0.717) is 16.5 Å². The summed E-state index contributed by atoms with van der Waals surface area (Å²) in [5.41, 5.74) is 2.45. The summed E-state index contributed by atoms with van der Waals surface area (Å²) < 4.78 is 6.64. The minimum atomic E-state index is -0.492. The van der Waals surface area contributed by atoms with Gasteiger partial charge in [-0.05, 0) is 19.9 Å². The Balaban J connectivity index is 2.16. The highest BCUT2D eigenvalue weighted by atomic mass is 32.2. The second-order valence-corrected chi connectivity index (χ2v) is 5.25. The molecule has 2 aromatic rings. The molecule has 0 aromatic carbocycles. The molecule has 2 heterocycles. The number of nitrogen functional groups attached to an aromatic ring is 1. The van der Waals surface area contributed by atoms with Crippen molar-refractivity contribution in [2.24, 2.45) is 5.84 Å². The Labute approximate surface area is 118 Å². The summed E-state index contributed by atoms with van der Waals surface area (Å²) in [7, 11) is 0. The number of nitrogens with two attached hydrogens (primary N) is 1. The lowest BCUT2D eigenvalue weighted by Gasteiger charge is -2.08. The Hall–Kier alpha value is -2.00. The van der Waals surface area contributed by atoms with Crippen molar-refractivity contribution in [3.05, 3.63) is 34.1 Å². The van der Waals surface area contributed by atoms with Gasteiger partial charge >= 0.3 is 11.6 Å². The second kappa shape index (κ2) is 5.97. The summed E-state index contributed by atoms with van der Waals surface area (Å²) in [5.74, 6) is 5.19. The van der Waals surface area contributed by atoms with Gasteiger partial charge in [0.25, 0.3) is 0 Å². The van der Waals surface area contributed by atoms with Gasteiger partial charge in [-0.1, -0.05) is 11.8 Å². The second-order valence-electron chi connectivity index (χ2n) is 4.31. The van der Waals surface area contributed by atoms with Crippen LogP contribution >= 0.6 is 11.8 Å². The topological polar surface area (TPSA) is 119 Å². The van der Waals surface area contributed by atoms with Crippen molar-refractivity contribution in [1.29, 1.82) is 0 Å². The molecule has 2 rings (SSSR count). The van der Waals surface area contributed by atoms with Gasteiger partial charge in [0.2, 0.25) is 0 Å². The number of nitrogens with one attached hydrogen (secondary N) is 2. The zero-order valence-electron chi connectivity index (χ0n) is 11.0. The number of furan rings is 1. The van der Waals surface area contributed by atoms with Gasteiger partial charge in [-0.25, -0.2) is 15.7 Å². The lowest BCUT2D eigenvalue weighted by atomic mass is 10.3. The molecule has 0 saturated carbocycles. The number of aromatic nitrogens is 3. The van der Waals surface area contributed by atoms with Crippen LogP contribution in [0.1, 0.15) is 36.0 Å². The summed E-state index contributed by atoms with van der Waals surface area (Å²) in [6.45, 7) is 3.79. The summed E-state index contributed by atoms with van der Waals surface area (Å²) in [6, 6.07) is 1.68. The fourth-order valence-corrected chi connectivity index (χ4v) is 2.76. The molecule has 0 radical (unpaired) electrons. The van der Waals surface area contributed by atoms with Gasteiger partial charge in [0, 0.05) is 17.4 Å². The molecule has 0 atom stereocenters. The minimum Gasteiger partial charge on any atom is -0.459 e. The van der Waals surface area contributed by atoms with Gasteiger partial charge in [0.1, 0.15) is 0 Å². The molecule has 0 bridgehead atoms. The Morgan fingerprint density at radius 2 is 2.40 bits per heavy atom. The summed E-state index contributed by atoms with van der Waals surface area (Å²) in [6.07, 6.45) is 1.42. The predicted octanol–water partition coefficient (Wildman–Crippen LogP) is 0.641. The first-order valence-electron chi connectivity index (χ1n) is 5.91. The molecular formula is C11H15N5O3S. The summed E-state index contributed by atoms with van der Waals surface area (Å²) in [4.78, 5) is 23.1. The summed E-state index contributed by atoms with van der Waals surface area (Å²) in [5, 5.41) is 6.94. The van der Waals surface area contributed by atoms with Crippen LogP contribution in [0.5, 0.6) is 0 Å². The average molecular weight is 297 g/mol. The van der Waals surface area contributed by atoms with Crippen LogP contribution in [0, 0.1) is 0 Å². The maximum Gasteiger partial charge on any atom is 0.344 e. The number of carbonyl (C=O) groups excluding carboxylic acids is 1. The molecule has 0 aliphatic heterocycles. The molecule has 108 valence electrons. The van der Waals surface area contributed by atoms with Gasteiger partial charge in [0.15, 0.2) is 10.9 Å². The average Bonchev–Trinajstić information content (AvgIpc) is 3.01. The maximum absolute atomic E-state index is 11.6. The quantitative estimate of drug-likeness (QED) is 0.322. The van der Waals surface area contributed by atoms with Crippen LogP contribution in [0.15, 0.2) is 26.7 Å².